The number of nitrogens with one attached hydrogen (secondary N) is 2. The van der Waals surface area contributed by atoms with Crippen LogP contribution in [0.2, 0.25) is 0 Å². The van der Waals surface area contributed by atoms with E-state index in [1.165, 1.54) is 6.26 Å². The van der Waals surface area contributed by atoms with Crippen LogP contribution in [0.25, 0.3) is 11.4 Å². The lowest BCUT2D eigenvalue weighted by molar-refractivity contribution is 0.0985. The van der Waals surface area contributed by atoms with Crippen LogP contribution in [0.4, 0.5) is 11.5 Å². The standard InChI is InChI=1S/C23H31N5O4S2/c1-16-15-32-13-11-28(16)20-14-19(23(8-3-9-23)34(2,30)31)26-21(27-20)17-4-6-18(7-5-17)25-22(33)24-10-12-29/h4-7,14,16,29H,3,8-13,15H2,1-2H3,(H2,24,25,33)/t16-/m0/s1. The average Bonchev–Trinajstić information content (AvgIpc) is 2.76. The van der Waals surface area contributed by atoms with Crippen LogP contribution < -0.4 is 15.5 Å². The maximum absolute atomic E-state index is 12.8. The van der Waals surface area contributed by atoms with Crippen molar-refractivity contribution in [3.63, 3.8) is 0 Å². The molecule has 0 unspecified atom stereocenters. The third-order valence-corrected chi connectivity index (χ3v) is 8.79. The van der Waals surface area contributed by atoms with E-state index in [0.29, 0.717) is 55.8 Å². The van der Waals surface area contributed by atoms with Gasteiger partial charge in [-0.2, -0.15) is 0 Å². The predicted octanol–water partition coefficient (Wildman–Crippen LogP) is 2.07. The van der Waals surface area contributed by atoms with Gasteiger partial charge >= 0.3 is 0 Å². The molecule has 1 aliphatic carbocycles. The highest BCUT2D eigenvalue weighted by Gasteiger charge is 2.49. The molecule has 1 aromatic heterocycles. The van der Waals surface area contributed by atoms with Crippen LogP contribution in [-0.4, -0.2) is 73.8 Å². The van der Waals surface area contributed by atoms with Gasteiger partial charge in [-0.25, -0.2) is 18.4 Å². The molecule has 0 bridgehead atoms. The highest BCUT2D eigenvalue weighted by molar-refractivity contribution is 7.91. The third kappa shape index (κ3) is 5.02. The number of ether oxygens (including phenoxy) is 1. The average molecular weight is 506 g/mol. The van der Waals surface area contributed by atoms with E-state index in [0.717, 1.165) is 23.5 Å². The highest BCUT2D eigenvalue weighted by Crippen LogP contribution is 2.48. The van der Waals surface area contributed by atoms with E-state index in [4.69, 9.17) is 32.0 Å². The Balaban J connectivity index is 1.70. The molecule has 0 amide bonds. The van der Waals surface area contributed by atoms with Gasteiger partial charge in [0.05, 0.1) is 31.6 Å². The quantitative estimate of drug-likeness (QED) is 0.483. The SMILES string of the molecule is C[C@H]1COCCN1c1cc(C2(S(C)(=O)=O)CCC2)nc(-c2ccc(NC(=S)NCCO)cc2)n1. The Bertz CT molecular complexity index is 1140. The van der Waals surface area contributed by atoms with Gasteiger partial charge in [0.2, 0.25) is 0 Å². The third-order valence-electron chi connectivity index (χ3n) is 6.51. The van der Waals surface area contributed by atoms with Crippen molar-refractivity contribution < 1.29 is 18.3 Å². The first-order chi connectivity index (χ1) is 16.2. The van der Waals surface area contributed by atoms with E-state index in [1.807, 2.05) is 30.3 Å². The molecule has 4 rings (SSSR count). The van der Waals surface area contributed by atoms with Gasteiger partial charge in [0.15, 0.2) is 20.8 Å². The molecule has 1 saturated carbocycles. The van der Waals surface area contributed by atoms with Crippen LogP contribution in [0.5, 0.6) is 0 Å². The van der Waals surface area contributed by atoms with E-state index in [1.54, 1.807) is 0 Å². The summed E-state index contributed by atoms with van der Waals surface area (Å²) >= 11 is 5.21. The molecule has 11 heteroatoms. The van der Waals surface area contributed by atoms with Gasteiger partial charge in [0, 0.05) is 36.7 Å². The minimum absolute atomic E-state index is 0.00645. The second-order valence-corrected chi connectivity index (χ2v) is 11.6. The normalized spacial score (nSPS) is 19.9. The molecular formula is C23H31N5O4S2. The van der Waals surface area contributed by atoms with Gasteiger partial charge in [-0.3, -0.25) is 0 Å². The number of hydrogen-bond donors (Lipinski definition) is 3. The largest absolute Gasteiger partial charge is 0.395 e. The first kappa shape index (κ1) is 24.8. The van der Waals surface area contributed by atoms with Gasteiger partial charge in [0.25, 0.3) is 0 Å². The summed E-state index contributed by atoms with van der Waals surface area (Å²) in [6, 6.07) is 9.48. The number of hydrogen-bond acceptors (Lipinski definition) is 8. The topological polar surface area (TPSA) is 117 Å². The number of rotatable bonds is 7. The lowest BCUT2D eigenvalue weighted by Gasteiger charge is -2.40. The monoisotopic (exact) mass is 505 g/mol. The van der Waals surface area contributed by atoms with Crippen molar-refractivity contribution in [3.05, 3.63) is 36.0 Å². The van der Waals surface area contributed by atoms with Gasteiger partial charge in [-0.15, -0.1) is 0 Å². The summed E-state index contributed by atoms with van der Waals surface area (Å²) in [6.45, 7) is 4.31. The Hall–Kier alpha value is -2.34. The summed E-state index contributed by atoms with van der Waals surface area (Å²) in [5, 5.41) is 15.3. The minimum atomic E-state index is -3.35. The maximum atomic E-state index is 12.8. The molecule has 34 heavy (non-hydrogen) atoms. The number of aliphatic hydroxyl groups excluding tert-OH is 1. The summed E-state index contributed by atoms with van der Waals surface area (Å²) in [4.78, 5) is 11.8. The first-order valence-corrected chi connectivity index (χ1v) is 13.7. The predicted molar refractivity (Wildman–Crippen MR) is 137 cm³/mol. The smallest absolute Gasteiger partial charge is 0.170 e. The number of sulfone groups is 1. The maximum Gasteiger partial charge on any atom is 0.170 e. The summed E-state index contributed by atoms with van der Waals surface area (Å²) in [7, 11) is -3.35. The van der Waals surface area contributed by atoms with E-state index in [-0.39, 0.29) is 12.6 Å². The van der Waals surface area contributed by atoms with Crippen LogP contribution in [0.15, 0.2) is 30.3 Å². The molecule has 2 heterocycles. The van der Waals surface area contributed by atoms with E-state index >= 15 is 0 Å². The zero-order valence-corrected chi connectivity index (χ0v) is 21.1. The Morgan fingerprint density at radius 1 is 1.29 bits per heavy atom. The van der Waals surface area contributed by atoms with Crippen molar-refractivity contribution in [2.45, 2.75) is 37.0 Å². The molecule has 2 fully saturated rings. The Kier molecular flexibility index (Phi) is 7.36. The Morgan fingerprint density at radius 3 is 2.62 bits per heavy atom. The first-order valence-electron chi connectivity index (χ1n) is 11.4. The van der Waals surface area contributed by atoms with Crippen LogP contribution in [0.3, 0.4) is 0 Å². The minimum Gasteiger partial charge on any atom is -0.395 e. The number of morpholine rings is 1. The van der Waals surface area contributed by atoms with Crippen molar-refractivity contribution in [1.29, 1.82) is 0 Å². The molecule has 1 aliphatic heterocycles. The van der Waals surface area contributed by atoms with Crippen molar-refractivity contribution in [1.82, 2.24) is 15.3 Å². The fraction of sp³-hybridized carbons (Fsp3) is 0.522. The van der Waals surface area contributed by atoms with Crippen molar-refractivity contribution in [3.8, 4) is 11.4 Å². The molecular weight excluding hydrogens is 474 g/mol. The van der Waals surface area contributed by atoms with Gasteiger partial charge < -0.3 is 25.4 Å². The second kappa shape index (κ2) is 10.1. The molecule has 0 radical (unpaired) electrons. The fourth-order valence-corrected chi connectivity index (χ4v) is 6.11. The van der Waals surface area contributed by atoms with Crippen molar-refractivity contribution >= 4 is 38.7 Å². The fourth-order valence-electron chi connectivity index (χ4n) is 4.37. The summed E-state index contributed by atoms with van der Waals surface area (Å²) < 4.78 is 30.3. The zero-order chi connectivity index (χ0) is 24.3. The summed E-state index contributed by atoms with van der Waals surface area (Å²) in [5.74, 6) is 1.22. The van der Waals surface area contributed by atoms with Gasteiger partial charge in [-0.05, 0) is 62.7 Å². The summed E-state index contributed by atoms with van der Waals surface area (Å²) in [5.41, 5.74) is 2.13. The van der Waals surface area contributed by atoms with Gasteiger partial charge in [-0.1, -0.05) is 0 Å². The van der Waals surface area contributed by atoms with Crippen LogP contribution in [0.1, 0.15) is 31.9 Å². The molecule has 0 spiro atoms. The molecule has 2 aliphatic rings. The van der Waals surface area contributed by atoms with Crippen molar-refractivity contribution in [2.24, 2.45) is 0 Å². The number of aromatic nitrogens is 2. The molecule has 3 N–H and O–H groups in total. The van der Waals surface area contributed by atoms with E-state index in [9.17, 15) is 8.42 Å². The number of nitrogens with zero attached hydrogens (tertiary/aromatic N) is 3. The number of anilines is 2. The molecule has 9 nitrogen and oxygen atoms in total. The molecule has 1 atom stereocenters. The van der Waals surface area contributed by atoms with E-state index in [2.05, 4.69) is 22.5 Å². The molecule has 2 aromatic rings. The highest BCUT2D eigenvalue weighted by atomic mass is 32.2. The number of benzene rings is 1. The van der Waals surface area contributed by atoms with Gasteiger partial charge in [0.1, 0.15) is 10.6 Å². The van der Waals surface area contributed by atoms with Crippen LogP contribution in [-0.2, 0) is 19.3 Å². The zero-order valence-electron chi connectivity index (χ0n) is 19.5. The number of aliphatic hydroxyl groups is 1. The Morgan fingerprint density at radius 2 is 2.03 bits per heavy atom. The second-order valence-electron chi connectivity index (χ2n) is 8.85. The lowest BCUT2D eigenvalue weighted by atomic mass is 9.81. The lowest BCUT2D eigenvalue weighted by Crippen LogP contribution is -2.45. The van der Waals surface area contributed by atoms with Crippen molar-refractivity contribution in [2.75, 3.05) is 49.4 Å². The molecule has 1 saturated heterocycles. The molecule has 1 aromatic carbocycles. The van der Waals surface area contributed by atoms with Crippen LogP contribution >= 0.6 is 12.2 Å². The number of thiocarbonyl (C=S) groups is 1. The Labute approximate surface area is 205 Å². The van der Waals surface area contributed by atoms with E-state index < -0.39 is 14.6 Å². The summed E-state index contributed by atoms with van der Waals surface area (Å²) in [6.07, 6.45) is 3.31. The molecule has 184 valence electrons. The van der Waals surface area contributed by atoms with Crippen LogP contribution in [0, 0.1) is 0 Å².